The molecule has 6 heavy (non-hydrogen) atoms. The molecule has 1 heterocycles. The standard InChI is InChI=1S/C4H8OS/c1-6-3-4-2-5-4/h4H,2-3H2,1H3/t4-/m1/s1. The highest BCUT2D eigenvalue weighted by atomic mass is 32.2. The van der Waals surface area contributed by atoms with Gasteiger partial charge in [-0.1, -0.05) is 0 Å². The van der Waals surface area contributed by atoms with E-state index in [0.29, 0.717) is 6.10 Å². The van der Waals surface area contributed by atoms with Gasteiger partial charge in [0.2, 0.25) is 0 Å². The van der Waals surface area contributed by atoms with Crippen LogP contribution in [0.3, 0.4) is 0 Å². The maximum atomic E-state index is 4.93. The first kappa shape index (κ1) is 4.47. The molecule has 1 aliphatic heterocycles. The Labute approximate surface area is 42.1 Å². The molecule has 1 atom stereocenters. The van der Waals surface area contributed by atoms with E-state index < -0.39 is 0 Å². The minimum atomic E-state index is 0.611. The van der Waals surface area contributed by atoms with Gasteiger partial charge in [0.15, 0.2) is 0 Å². The third kappa shape index (κ3) is 1.19. The van der Waals surface area contributed by atoms with Gasteiger partial charge < -0.3 is 4.74 Å². The summed E-state index contributed by atoms with van der Waals surface area (Å²) in [7, 11) is 0. The summed E-state index contributed by atoms with van der Waals surface area (Å²) in [5.41, 5.74) is 0. The summed E-state index contributed by atoms with van der Waals surface area (Å²) >= 11 is 1.85. The topological polar surface area (TPSA) is 12.5 Å². The molecule has 0 spiro atoms. The molecule has 0 aromatic heterocycles. The summed E-state index contributed by atoms with van der Waals surface area (Å²) in [6.07, 6.45) is 2.71. The maximum Gasteiger partial charge on any atom is 0.0899 e. The lowest BCUT2D eigenvalue weighted by Gasteiger charge is -1.80. The minimum absolute atomic E-state index is 0.611. The average Bonchev–Trinajstić information content (AvgIpc) is 2.21. The van der Waals surface area contributed by atoms with Gasteiger partial charge in [0.25, 0.3) is 0 Å². The smallest absolute Gasteiger partial charge is 0.0899 e. The molecule has 0 aromatic carbocycles. The number of thioether (sulfide) groups is 1. The molecule has 0 N–H and O–H groups in total. The van der Waals surface area contributed by atoms with E-state index in [-0.39, 0.29) is 0 Å². The van der Waals surface area contributed by atoms with Crippen LogP contribution in [0.25, 0.3) is 0 Å². The normalized spacial score (nSPS) is 30.5. The molecule has 1 aliphatic rings. The highest BCUT2D eigenvalue weighted by Gasteiger charge is 2.20. The van der Waals surface area contributed by atoms with Crippen molar-refractivity contribution in [2.24, 2.45) is 0 Å². The van der Waals surface area contributed by atoms with Crippen molar-refractivity contribution in [3.8, 4) is 0 Å². The number of hydrogen-bond acceptors (Lipinski definition) is 2. The quantitative estimate of drug-likeness (QED) is 0.479. The summed E-state index contributed by atoms with van der Waals surface area (Å²) < 4.78 is 4.93. The highest BCUT2D eigenvalue weighted by Crippen LogP contribution is 2.12. The second-order valence-electron chi connectivity index (χ2n) is 1.41. The Kier molecular flexibility index (Phi) is 1.37. The van der Waals surface area contributed by atoms with Crippen molar-refractivity contribution in [1.82, 2.24) is 0 Å². The lowest BCUT2D eigenvalue weighted by atomic mass is 10.6. The fourth-order valence-electron chi connectivity index (χ4n) is 0.350. The van der Waals surface area contributed by atoms with Crippen molar-refractivity contribution in [2.45, 2.75) is 6.10 Å². The van der Waals surface area contributed by atoms with Crippen LogP contribution in [-0.4, -0.2) is 24.7 Å². The van der Waals surface area contributed by atoms with E-state index in [2.05, 4.69) is 6.26 Å². The van der Waals surface area contributed by atoms with Crippen LogP contribution in [0.5, 0.6) is 0 Å². The second-order valence-corrected chi connectivity index (χ2v) is 2.32. The minimum Gasteiger partial charge on any atom is -0.372 e. The Morgan fingerprint density at radius 1 is 2.00 bits per heavy atom. The van der Waals surface area contributed by atoms with Gasteiger partial charge in [-0.3, -0.25) is 0 Å². The summed E-state index contributed by atoms with van der Waals surface area (Å²) in [6.45, 7) is 1.00. The van der Waals surface area contributed by atoms with E-state index in [1.165, 1.54) is 5.75 Å². The van der Waals surface area contributed by atoms with E-state index in [1.54, 1.807) is 0 Å². The summed E-state index contributed by atoms with van der Waals surface area (Å²) in [6, 6.07) is 0. The highest BCUT2D eigenvalue weighted by molar-refractivity contribution is 7.98. The predicted octanol–water partition coefficient (Wildman–Crippen LogP) is 0.748. The number of epoxide rings is 1. The van der Waals surface area contributed by atoms with E-state index >= 15 is 0 Å². The van der Waals surface area contributed by atoms with Gasteiger partial charge in [-0.05, 0) is 6.26 Å². The van der Waals surface area contributed by atoms with E-state index in [9.17, 15) is 0 Å². The third-order valence-electron chi connectivity index (χ3n) is 0.755. The molecular weight excluding hydrogens is 96.1 g/mol. The third-order valence-corrected chi connectivity index (χ3v) is 1.46. The van der Waals surface area contributed by atoms with Gasteiger partial charge in [0.05, 0.1) is 12.7 Å². The van der Waals surface area contributed by atoms with Crippen molar-refractivity contribution in [3.63, 3.8) is 0 Å². The molecular formula is C4H8OS. The first-order valence-electron chi connectivity index (χ1n) is 2.04. The second kappa shape index (κ2) is 1.85. The van der Waals surface area contributed by atoms with Gasteiger partial charge in [0, 0.05) is 5.75 Å². The van der Waals surface area contributed by atoms with Crippen LogP contribution in [0.4, 0.5) is 0 Å². The zero-order valence-corrected chi connectivity index (χ0v) is 4.62. The molecule has 0 aliphatic carbocycles. The molecule has 0 radical (unpaired) electrons. The number of hydrogen-bond donors (Lipinski definition) is 0. The van der Waals surface area contributed by atoms with Crippen molar-refractivity contribution in [2.75, 3.05) is 18.6 Å². The van der Waals surface area contributed by atoms with Crippen molar-refractivity contribution < 1.29 is 4.74 Å². The molecule has 0 unspecified atom stereocenters. The lowest BCUT2D eigenvalue weighted by molar-refractivity contribution is 0.426. The van der Waals surface area contributed by atoms with Gasteiger partial charge in [-0.15, -0.1) is 0 Å². The van der Waals surface area contributed by atoms with Crippen molar-refractivity contribution >= 4 is 11.8 Å². The molecule has 1 rings (SSSR count). The molecule has 36 valence electrons. The number of rotatable bonds is 2. The Bertz CT molecular complexity index is 42.8. The number of ether oxygens (including phenoxy) is 1. The lowest BCUT2D eigenvalue weighted by Crippen LogP contribution is -1.84. The first-order valence-corrected chi connectivity index (χ1v) is 3.43. The maximum absolute atomic E-state index is 4.93. The van der Waals surface area contributed by atoms with E-state index in [4.69, 9.17) is 4.74 Å². The van der Waals surface area contributed by atoms with Crippen molar-refractivity contribution in [3.05, 3.63) is 0 Å². The van der Waals surface area contributed by atoms with Crippen LogP contribution >= 0.6 is 11.8 Å². The predicted molar refractivity (Wildman–Crippen MR) is 28.1 cm³/mol. The van der Waals surface area contributed by atoms with Gasteiger partial charge in [-0.2, -0.15) is 11.8 Å². The van der Waals surface area contributed by atoms with Crippen LogP contribution < -0.4 is 0 Å². The van der Waals surface area contributed by atoms with E-state index in [0.717, 1.165) is 6.61 Å². The summed E-state index contributed by atoms with van der Waals surface area (Å²) in [5, 5.41) is 0. The molecule has 2 heteroatoms. The Balaban J connectivity index is 1.88. The van der Waals surface area contributed by atoms with E-state index in [1.807, 2.05) is 11.8 Å². The molecule has 1 fully saturated rings. The largest absolute Gasteiger partial charge is 0.372 e. The zero-order valence-electron chi connectivity index (χ0n) is 3.81. The van der Waals surface area contributed by atoms with Crippen LogP contribution in [0.2, 0.25) is 0 Å². The Morgan fingerprint density at radius 2 is 2.67 bits per heavy atom. The fourth-order valence-corrected chi connectivity index (χ4v) is 0.914. The molecule has 1 saturated heterocycles. The van der Waals surface area contributed by atoms with Gasteiger partial charge in [0.1, 0.15) is 0 Å². The molecule has 0 saturated carbocycles. The van der Waals surface area contributed by atoms with Crippen LogP contribution in [0.1, 0.15) is 0 Å². The van der Waals surface area contributed by atoms with Crippen LogP contribution in [-0.2, 0) is 4.74 Å². The van der Waals surface area contributed by atoms with Crippen LogP contribution in [0.15, 0.2) is 0 Å². The summed E-state index contributed by atoms with van der Waals surface area (Å²) in [4.78, 5) is 0. The van der Waals surface area contributed by atoms with Gasteiger partial charge >= 0.3 is 0 Å². The first-order chi connectivity index (χ1) is 2.93. The Morgan fingerprint density at radius 3 is 2.83 bits per heavy atom. The zero-order chi connectivity index (χ0) is 4.41. The molecule has 0 bridgehead atoms. The molecule has 1 nitrogen and oxygen atoms in total. The summed E-state index contributed by atoms with van der Waals surface area (Å²) in [5.74, 6) is 1.18. The Hall–Kier alpha value is 0.310. The monoisotopic (exact) mass is 104 g/mol. The van der Waals surface area contributed by atoms with Gasteiger partial charge in [-0.25, -0.2) is 0 Å². The fraction of sp³-hybridized carbons (Fsp3) is 1.00. The molecule has 0 amide bonds. The SMILES string of the molecule is CSC[C@H]1CO1. The van der Waals surface area contributed by atoms with Crippen LogP contribution in [0, 0.1) is 0 Å². The van der Waals surface area contributed by atoms with Crippen molar-refractivity contribution in [1.29, 1.82) is 0 Å². The molecule has 0 aromatic rings. The average molecular weight is 104 g/mol.